The van der Waals surface area contributed by atoms with Crippen molar-refractivity contribution < 1.29 is 5.11 Å². The Morgan fingerprint density at radius 3 is 2.55 bits per heavy atom. The van der Waals surface area contributed by atoms with Gasteiger partial charge in [0.25, 0.3) is 0 Å². The van der Waals surface area contributed by atoms with Crippen molar-refractivity contribution in [3.05, 3.63) is 47.7 Å². The van der Waals surface area contributed by atoms with Gasteiger partial charge in [-0.2, -0.15) is 10.4 Å². The lowest BCUT2D eigenvalue weighted by molar-refractivity contribution is 0.475. The van der Waals surface area contributed by atoms with E-state index in [0.717, 1.165) is 11.1 Å². The maximum absolute atomic E-state index is 9.41. The van der Waals surface area contributed by atoms with Crippen molar-refractivity contribution in [2.45, 2.75) is 6.92 Å². The third-order valence-corrected chi connectivity index (χ3v) is 3.49. The molecule has 2 heterocycles. The predicted molar refractivity (Wildman–Crippen MR) is 82.8 cm³/mol. The molecule has 6 heteroatoms. The van der Waals surface area contributed by atoms with Gasteiger partial charge < -0.3 is 10.8 Å². The van der Waals surface area contributed by atoms with Crippen molar-refractivity contribution in [1.82, 2.24) is 15.2 Å². The van der Waals surface area contributed by atoms with E-state index in [1.54, 1.807) is 36.5 Å². The number of benzene rings is 1. The number of nitrogens with zero attached hydrogens (tertiary/aromatic N) is 3. The van der Waals surface area contributed by atoms with Gasteiger partial charge >= 0.3 is 0 Å². The maximum Gasteiger partial charge on any atom is 0.142 e. The zero-order valence-corrected chi connectivity index (χ0v) is 11.8. The molecule has 1 aromatic carbocycles. The van der Waals surface area contributed by atoms with E-state index in [9.17, 15) is 10.4 Å². The molecule has 0 spiro atoms. The number of rotatable bonds is 2. The molecule has 2 aromatic heterocycles. The largest absolute Gasteiger partial charge is 0.508 e. The first-order valence-corrected chi connectivity index (χ1v) is 6.61. The number of aromatic nitrogens is 3. The van der Waals surface area contributed by atoms with E-state index in [4.69, 9.17) is 5.73 Å². The molecule has 0 aliphatic rings. The Hall–Kier alpha value is -3.33. The van der Waals surface area contributed by atoms with Crippen LogP contribution in [0.15, 0.2) is 36.5 Å². The number of aromatic amines is 1. The molecule has 0 unspecified atom stereocenters. The molecule has 0 aliphatic heterocycles. The zero-order valence-electron chi connectivity index (χ0n) is 11.8. The summed E-state index contributed by atoms with van der Waals surface area (Å²) in [6.07, 6.45) is 1.62. The second kappa shape index (κ2) is 5.22. The molecule has 0 saturated heterocycles. The van der Waals surface area contributed by atoms with Gasteiger partial charge in [-0.25, -0.2) is 4.98 Å². The minimum Gasteiger partial charge on any atom is -0.508 e. The minimum absolute atomic E-state index is 0.167. The Morgan fingerprint density at radius 1 is 1.23 bits per heavy atom. The molecule has 22 heavy (non-hydrogen) atoms. The number of nitrogens with two attached hydrogens (primary N) is 1. The van der Waals surface area contributed by atoms with Crippen molar-refractivity contribution in [2.24, 2.45) is 0 Å². The first-order valence-electron chi connectivity index (χ1n) is 6.61. The smallest absolute Gasteiger partial charge is 0.142 e. The predicted octanol–water partition coefficient (Wildman–Crippen LogP) is 2.61. The van der Waals surface area contributed by atoms with Crippen LogP contribution in [0.4, 0.5) is 5.82 Å². The molecule has 3 aromatic rings. The number of nitrogens with one attached hydrogen (secondary N) is 1. The summed E-state index contributed by atoms with van der Waals surface area (Å²) in [5.74, 6) is 0.345. The Kier molecular flexibility index (Phi) is 3.24. The van der Waals surface area contributed by atoms with Crippen LogP contribution in [0.2, 0.25) is 0 Å². The molecule has 3 rings (SSSR count). The molecular formula is C16H13N5O. The molecule has 0 radical (unpaired) electrons. The number of phenols is 1. The van der Waals surface area contributed by atoms with E-state index < -0.39 is 0 Å². The third-order valence-electron chi connectivity index (χ3n) is 3.49. The highest BCUT2D eigenvalue weighted by Crippen LogP contribution is 2.35. The SMILES string of the molecule is Cc1c(-c2ccc(O)cc2)nc(N)c(C#N)c1-c1ccn[nH]1. The van der Waals surface area contributed by atoms with Gasteiger partial charge in [-0.05, 0) is 42.8 Å². The monoisotopic (exact) mass is 291 g/mol. The van der Waals surface area contributed by atoms with Crippen LogP contribution in [-0.4, -0.2) is 20.3 Å². The molecule has 108 valence electrons. The van der Waals surface area contributed by atoms with E-state index in [0.29, 0.717) is 22.5 Å². The summed E-state index contributed by atoms with van der Waals surface area (Å²) in [6, 6.07) is 10.6. The van der Waals surface area contributed by atoms with Gasteiger partial charge in [0, 0.05) is 17.3 Å². The number of phenolic OH excluding ortho intramolecular Hbond substituents is 1. The Labute approximate surface area is 126 Å². The first kappa shape index (κ1) is 13.6. The van der Waals surface area contributed by atoms with Crippen LogP contribution in [0.3, 0.4) is 0 Å². The van der Waals surface area contributed by atoms with Gasteiger partial charge in [-0.1, -0.05) is 0 Å². The van der Waals surface area contributed by atoms with E-state index in [-0.39, 0.29) is 11.6 Å². The highest BCUT2D eigenvalue weighted by atomic mass is 16.3. The number of pyridine rings is 1. The van der Waals surface area contributed by atoms with Gasteiger partial charge in [-0.15, -0.1) is 0 Å². The van der Waals surface area contributed by atoms with E-state index in [1.807, 2.05) is 6.92 Å². The molecule has 0 saturated carbocycles. The number of nitrogen functional groups attached to an aromatic ring is 1. The van der Waals surface area contributed by atoms with Gasteiger partial charge in [0.1, 0.15) is 23.2 Å². The lowest BCUT2D eigenvalue weighted by atomic mass is 9.96. The quantitative estimate of drug-likeness (QED) is 0.672. The Balaban J connectivity index is 2.30. The van der Waals surface area contributed by atoms with Crippen LogP contribution >= 0.6 is 0 Å². The van der Waals surface area contributed by atoms with Crippen LogP contribution < -0.4 is 5.73 Å². The van der Waals surface area contributed by atoms with Crippen LogP contribution in [0, 0.1) is 18.3 Å². The minimum atomic E-state index is 0.167. The van der Waals surface area contributed by atoms with Gasteiger partial charge in [0.15, 0.2) is 0 Å². The highest BCUT2D eigenvalue weighted by Gasteiger charge is 2.18. The van der Waals surface area contributed by atoms with Gasteiger partial charge in [0.2, 0.25) is 0 Å². The van der Waals surface area contributed by atoms with E-state index in [1.165, 1.54) is 0 Å². The van der Waals surface area contributed by atoms with Crippen LogP contribution in [0.25, 0.3) is 22.5 Å². The number of hydrogen-bond acceptors (Lipinski definition) is 5. The summed E-state index contributed by atoms with van der Waals surface area (Å²) in [6.45, 7) is 1.88. The molecule has 0 aliphatic carbocycles. The standard InChI is InChI=1S/C16H13N5O/c1-9-14(13-6-7-19-21-13)12(8-17)16(18)20-15(9)10-2-4-11(22)5-3-10/h2-7,22H,1H3,(H2,18,20)(H,19,21). The van der Waals surface area contributed by atoms with Crippen molar-refractivity contribution >= 4 is 5.82 Å². The Morgan fingerprint density at radius 2 is 1.95 bits per heavy atom. The second-order valence-electron chi connectivity index (χ2n) is 4.85. The number of nitriles is 1. The topological polar surface area (TPSA) is 112 Å². The fourth-order valence-corrected chi connectivity index (χ4v) is 2.44. The van der Waals surface area contributed by atoms with Crippen molar-refractivity contribution in [3.63, 3.8) is 0 Å². The average molecular weight is 291 g/mol. The molecule has 6 nitrogen and oxygen atoms in total. The van der Waals surface area contributed by atoms with Gasteiger partial charge in [0.05, 0.1) is 11.4 Å². The molecule has 0 amide bonds. The number of aromatic hydroxyl groups is 1. The van der Waals surface area contributed by atoms with Crippen molar-refractivity contribution in [3.8, 4) is 34.3 Å². The van der Waals surface area contributed by atoms with Crippen molar-refractivity contribution in [1.29, 1.82) is 5.26 Å². The number of hydrogen-bond donors (Lipinski definition) is 3. The summed E-state index contributed by atoms with van der Waals surface area (Å²) < 4.78 is 0. The molecular weight excluding hydrogens is 278 g/mol. The van der Waals surface area contributed by atoms with Crippen LogP contribution in [-0.2, 0) is 0 Å². The number of anilines is 1. The average Bonchev–Trinajstić information content (AvgIpc) is 3.03. The van der Waals surface area contributed by atoms with Gasteiger partial charge in [-0.3, -0.25) is 5.10 Å². The molecule has 0 fully saturated rings. The summed E-state index contributed by atoms with van der Waals surface area (Å²) in [5.41, 5.74) is 9.98. The summed E-state index contributed by atoms with van der Waals surface area (Å²) >= 11 is 0. The lowest BCUT2D eigenvalue weighted by Crippen LogP contribution is -2.03. The van der Waals surface area contributed by atoms with Crippen molar-refractivity contribution in [2.75, 3.05) is 5.73 Å². The van der Waals surface area contributed by atoms with E-state index in [2.05, 4.69) is 21.3 Å². The summed E-state index contributed by atoms with van der Waals surface area (Å²) in [7, 11) is 0. The summed E-state index contributed by atoms with van der Waals surface area (Å²) in [4.78, 5) is 4.35. The fourth-order valence-electron chi connectivity index (χ4n) is 2.44. The van der Waals surface area contributed by atoms with Crippen LogP contribution in [0.1, 0.15) is 11.1 Å². The van der Waals surface area contributed by atoms with Crippen LogP contribution in [0.5, 0.6) is 5.75 Å². The van der Waals surface area contributed by atoms with E-state index >= 15 is 0 Å². The zero-order chi connectivity index (χ0) is 15.7. The molecule has 0 bridgehead atoms. The third kappa shape index (κ3) is 2.15. The lowest BCUT2D eigenvalue weighted by Gasteiger charge is -2.13. The molecule has 0 atom stereocenters. The summed E-state index contributed by atoms with van der Waals surface area (Å²) in [5, 5.41) is 25.6. The maximum atomic E-state index is 9.41. The highest BCUT2D eigenvalue weighted by molar-refractivity contribution is 5.82. The second-order valence-corrected chi connectivity index (χ2v) is 4.85. The fraction of sp³-hybridized carbons (Fsp3) is 0.0625. The first-order chi connectivity index (χ1) is 10.6. The normalized spacial score (nSPS) is 10.4. The Bertz CT molecular complexity index is 861. The molecule has 4 N–H and O–H groups in total. The number of H-pyrrole nitrogens is 1.